The van der Waals surface area contributed by atoms with Crippen molar-refractivity contribution in [1.82, 2.24) is 5.32 Å². The Morgan fingerprint density at radius 1 is 1.31 bits per heavy atom. The summed E-state index contributed by atoms with van der Waals surface area (Å²) in [6.45, 7) is 8.53. The van der Waals surface area contributed by atoms with Crippen LogP contribution in [0.2, 0.25) is 0 Å². The quantitative estimate of drug-likeness (QED) is 0.668. The lowest BCUT2D eigenvalue weighted by molar-refractivity contribution is 0.395. The molecule has 0 saturated heterocycles. The largest absolute Gasteiger partial charge is 0.302 e. The van der Waals surface area contributed by atoms with Crippen molar-refractivity contribution in [3.05, 3.63) is 0 Å². The minimum Gasteiger partial charge on any atom is -0.302 e. The second-order valence-corrected chi connectivity index (χ2v) is 4.44. The molecule has 0 atom stereocenters. The molecule has 0 aliphatic heterocycles. The van der Waals surface area contributed by atoms with Gasteiger partial charge in [-0.15, -0.1) is 6.42 Å². The van der Waals surface area contributed by atoms with Gasteiger partial charge in [-0.3, -0.25) is 0 Å². The van der Waals surface area contributed by atoms with Gasteiger partial charge in [-0.1, -0.05) is 5.92 Å². The molecule has 0 fully saturated rings. The Kier molecular flexibility index (Phi) is 3.98. The van der Waals surface area contributed by atoms with Gasteiger partial charge in [-0.25, -0.2) is 0 Å². The summed E-state index contributed by atoms with van der Waals surface area (Å²) in [5, 5.41) is 12.0. The van der Waals surface area contributed by atoms with Gasteiger partial charge in [0.2, 0.25) is 0 Å². The first-order valence-electron chi connectivity index (χ1n) is 4.47. The molecule has 2 heteroatoms. The number of rotatable bonds is 4. The van der Waals surface area contributed by atoms with Gasteiger partial charge in [0.25, 0.3) is 0 Å². The van der Waals surface area contributed by atoms with E-state index in [4.69, 9.17) is 11.7 Å². The lowest BCUT2D eigenvalue weighted by atomic mass is 9.91. The summed E-state index contributed by atoms with van der Waals surface area (Å²) >= 11 is 0. The molecule has 0 unspecified atom stereocenters. The van der Waals surface area contributed by atoms with Crippen LogP contribution < -0.4 is 5.32 Å². The van der Waals surface area contributed by atoms with Gasteiger partial charge in [0.05, 0.1) is 17.0 Å². The first-order valence-corrected chi connectivity index (χ1v) is 4.47. The molecule has 0 rings (SSSR count). The van der Waals surface area contributed by atoms with Gasteiger partial charge in [-0.05, 0) is 40.7 Å². The third-order valence-electron chi connectivity index (χ3n) is 1.98. The molecule has 0 aliphatic carbocycles. The molecular formula is C11H18N2. The van der Waals surface area contributed by atoms with Crippen molar-refractivity contribution >= 4 is 0 Å². The van der Waals surface area contributed by atoms with Crippen molar-refractivity contribution in [1.29, 1.82) is 5.26 Å². The van der Waals surface area contributed by atoms with E-state index in [1.807, 2.05) is 27.7 Å². The highest BCUT2D eigenvalue weighted by Gasteiger charge is 2.18. The summed E-state index contributed by atoms with van der Waals surface area (Å²) in [7, 11) is 0. The first-order chi connectivity index (χ1) is 5.83. The molecule has 1 N–H and O–H groups in total. The molecule has 0 spiro atoms. The summed E-state index contributed by atoms with van der Waals surface area (Å²) in [5.41, 5.74) is -0.538. The normalized spacial score (nSPS) is 11.8. The predicted molar refractivity (Wildman–Crippen MR) is 54.9 cm³/mol. The molecule has 0 aromatic heterocycles. The van der Waals surface area contributed by atoms with E-state index in [0.717, 1.165) is 13.0 Å². The van der Waals surface area contributed by atoms with Crippen molar-refractivity contribution in [3.8, 4) is 18.4 Å². The number of hydrogen-bond donors (Lipinski definition) is 1. The Balaban J connectivity index is 3.85. The Morgan fingerprint density at radius 2 is 1.85 bits per heavy atom. The second kappa shape index (κ2) is 4.30. The topological polar surface area (TPSA) is 35.8 Å². The fraction of sp³-hybridized carbons (Fsp3) is 0.727. The van der Waals surface area contributed by atoms with E-state index in [9.17, 15) is 0 Å². The maximum Gasteiger partial charge on any atom is 0.0741 e. The molecule has 0 bridgehead atoms. The zero-order chi connectivity index (χ0) is 10.5. The molecule has 0 saturated carbocycles. The fourth-order valence-electron chi connectivity index (χ4n) is 0.794. The molecule has 72 valence electrons. The molecule has 0 heterocycles. The molecule has 0 amide bonds. The number of nitrogens with one attached hydrogen (secondary N) is 1. The van der Waals surface area contributed by atoms with Gasteiger partial charge >= 0.3 is 0 Å². The number of terminal acetylenes is 1. The van der Waals surface area contributed by atoms with Crippen LogP contribution in [0.3, 0.4) is 0 Å². The van der Waals surface area contributed by atoms with Crippen molar-refractivity contribution < 1.29 is 0 Å². The highest BCUT2D eigenvalue weighted by Crippen LogP contribution is 2.17. The standard InChI is InChI=1S/C11H18N2/c1-6-11(4,5)13-8-7-10(2,3)9-12/h1,13H,7-8H2,2-5H3. The summed E-state index contributed by atoms with van der Waals surface area (Å²) in [4.78, 5) is 0. The highest BCUT2D eigenvalue weighted by atomic mass is 14.9. The number of nitriles is 1. The Hall–Kier alpha value is -0.990. The van der Waals surface area contributed by atoms with Crippen LogP contribution >= 0.6 is 0 Å². The molecule has 0 aliphatic rings. The smallest absolute Gasteiger partial charge is 0.0741 e. The zero-order valence-electron chi connectivity index (χ0n) is 8.94. The van der Waals surface area contributed by atoms with Crippen LogP contribution in [0.4, 0.5) is 0 Å². The predicted octanol–water partition coefficient (Wildman–Crippen LogP) is 1.93. The van der Waals surface area contributed by atoms with Crippen LogP contribution in [-0.4, -0.2) is 12.1 Å². The van der Waals surface area contributed by atoms with E-state index in [1.54, 1.807) is 0 Å². The Morgan fingerprint density at radius 3 is 2.23 bits per heavy atom. The summed E-state index contributed by atoms with van der Waals surface area (Å²) in [6.07, 6.45) is 6.13. The molecule has 0 radical (unpaired) electrons. The van der Waals surface area contributed by atoms with Crippen LogP contribution in [-0.2, 0) is 0 Å². The van der Waals surface area contributed by atoms with E-state index in [-0.39, 0.29) is 11.0 Å². The minimum absolute atomic E-state index is 0.266. The second-order valence-electron chi connectivity index (χ2n) is 4.44. The summed E-state index contributed by atoms with van der Waals surface area (Å²) in [6, 6.07) is 2.25. The van der Waals surface area contributed by atoms with Crippen LogP contribution in [0.25, 0.3) is 0 Å². The highest BCUT2D eigenvalue weighted by molar-refractivity contribution is 5.07. The van der Waals surface area contributed by atoms with Crippen LogP contribution in [0.15, 0.2) is 0 Å². The third kappa shape index (κ3) is 5.28. The average Bonchev–Trinajstić information content (AvgIpc) is 2.04. The first kappa shape index (κ1) is 12.0. The lowest BCUT2D eigenvalue weighted by Crippen LogP contribution is -2.39. The van der Waals surface area contributed by atoms with E-state index in [1.165, 1.54) is 0 Å². The average molecular weight is 178 g/mol. The minimum atomic E-state index is -0.272. The van der Waals surface area contributed by atoms with Crippen molar-refractivity contribution in [2.75, 3.05) is 6.54 Å². The van der Waals surface area contributed by atoms with E-state index < -0.39 is 0 Å². The van der Waals surface area contributed by atoms with Gasteiger partial charge in [0.1, 0.15) is 0 Å². The number of nitrogens with zero attached hydrogens (tertiary/aromatic N) is 1. The van der Waals surface area contributed by atoms with Crippen LogP contribution in [0.1, 0.15) is 34.1 Å². The van der Waals surface area contributed by atoms with E-state index in [0.29, 0.717) is 0 Å². The third-order valence-corrected chi connectivity index (χ3v) is 1.98. The summed E-state index contributed by atoms with van der Waals surface area (Å²) < 4.78 is 0. The Bertz CT molecular complexity index is 212. The molecular weight excluding hydrogens is 160 g/mol. The van der Waals surface area contributed by atoms with Gasteiger partial charge < -0.3 is 5.32 Å². The molecule has 2 nitrogen and oxygen atoms in total. The monoisotopic (exact) mass is 178 g/mol. The van der Waals surface area contributed by atoms with Crippen LogP contribution in [0, 0.1) is 29.1 Å². The maximum atomic E-state index is 8.76. The van der Waals surface area contributed by atoms with Gasteiger partial charge in [0.15, 0.2) is 0 Å². The van der Waals surface area contributed by atoms with Gasteiger partial charge in [-0.2, -0.15) is 5.26 Å². The maximum absolute atomic E-state index is 8.76. The van der Waals surface area contributed by atoms with Gasteiger partial charge in [0, 0.05) is 0 Å². The van der Waals surface area contributed by atoms with Crippen molar-refractivity contribution in [2.24, 2.45) is 5.41 Å². The van der Waals surface area contributed by atoms with Crippen molar-refractivity contribution in [3.63, 3.8) is 0 Å². The van der Waals surface area contributed by atoms with E-state index in [2.05, 4.69) is 17.3 Å². The van der Waals surface area contributed by atoms with Crippen LogP contribution in [0.5, 0.6) is 0 Å². The summed E-state index contributed by atoms with van der Waals surface area (Å²) in [5.74, 6) is 2.65. The number of hydrogen-bond acceptors (Lipinski definition) is 2. The fourth-order valence-corrected chi connectivity index (χ4v) is 0.794. The SMILES string of the molecule is C#CC(C)(C)NCCC(C)(C)C#N. The zero-order valence-corrected chi connectivity index (χ0v) is 8.94. The molecule has 0 aromatic rings. The van der Waals surface area contributed by atoms with E-state index >= 15 is 0 Å². The molecule has 0 aromatic carbocycles. The molecule has 13 heavy (non-hydrogen) atoms. The van der Waals surface area contributed by atoms with Crippen molar-refractivity contribution in [2.45, 2.75) is 39.7 Å². The lowest BCUT2D eigenvalue weighted by Gasteiger charge is -2.22. The Labute approximate surface area is 81.3 Å².